The van der Waals surface area contributed by atoms with E-state index in [9.17, 15) is 18.0 Å². The molecule has 12 heteroatoms. The molecule has 1 atom stereocenters. The van der Waals surface area contributed by atoms with Gasteiger partial charge >= 0.3 is 11.9 Å². The zero-order valence-electron chi connectivity index (χ0n) is 15.0. The molecule has 0 radical (unpaired) electrons. The quantitative estimate of drug-likeness (QED) is 0.636. The Kier molecular flexibility index (Phi) is 5.72. The van der Waals surface area contributed by atoms with E-state index in [1.165, 1.54) is 6.07 Å². The number of hydrogen-bond acceptors (Lipinski definition) is 10. The van der Waals surface area contributed by atoms with Gasteiger partial charge in [0.2, 0.25) is 16.4 Å². The van der Waals surface area contributed by atoms with Crippen LogP contribution in [-0.4, -0.2) is 68.8 Å². The number of rotatable bonds is 5. The average Bonchev–Trinajstić information content (AvgIpc) is 3.27. The third-order valence-corrected chi connectivity index (χ3v) is 6.00. The number of nitrogens with zero attached hydrogens (tertiary/aromatic N) is 3. The van der Waals surface area contributed by atoms with Crippen LogP contribution < -0.4 is 0 Å². The summed E-state index contributed by atoms with van der Waals surface area (Å²) in [4.78, 5) is 27.5. The molecule has 0 amide bonds. The van der Waals surface area contributed by atoms with Gasteiger partial charge in [-0.1, -0.05) is 5.16 Å². The third-order valence-electron chi connectivity index (χ3n) is 4.11. The van der Waals surface area contributed by atoms with Gasteiger partial charge in [-0.25, -0.2) is 18.0 Å². The Bertz CT molecular complexity index is 940. The first kappa shape index (κ1) is 19.9. The number of sulfonamides is 1. The van der Waals surface area contributed by atoms with Crippen LogP contribution in [0.5, 0.6) is 0 Å². The van der Waals surface area contributed by atoms with Crippen LogP contribution in [0.3, 0.4) is 0 Å². The molecule has 0 spiro atoms. The van der Waals surface area contributed by atoms with E-state index in [0.29, 0.717) is 0 Å². The van der Waals surface area contributed by atoms with Crippen LogP contribution in [0.4, 0.5) is 0 Å². The number of ether oxygens (including phenoxy) is 3. The first-order valence-electron chi connectivity index (χ1n) is 8.06. The zero-order valence-corrected chi connectivity index (χ0v) is 15.8. The molecule has 0 saturated carbocycles. The summed E-state index contributed by atoms with van der Waals surface area (Å²) in [6.07, 6.45) is 1.09. The first-order chi connectivity index (χ1) is 13.4. The largest absolute Gasteiger partial charge is 0.465 e. The van der Waals surface area contributed by atoms with E-state index in [1.54, 1.807) is 0 Å². The van der Waals surface area contributed by atoms with Crippen LogP contribution >= 0.6 is 0 Å². The van der Waals surface area contributed by atoms with Crippen molar-refractivity contribution in [2.75, 3.05) is 34.0 Å². The van der Waals surface area contributed by atoms with E-state index in [2.05, 4.69) is 19.6 Å². The zero-order chi connectivity index (χ0) is 20.3. The van der Waals surface area contributed by atoms with Crippen molar-refractivity contribution in [2.45, 2.75) is 10.9 Å². The SMILES string of the molecule is COC(=O)c1cc(C(=O)OC)cc(S(=O)(=O)N2CCOCC2c2ncon2)c1. The Morgan fingerprint density at radius 3 is 2.32 bits per heavy atom. The number of methoxy groups -OCH3 is 2. The van der Waals surface area contributed by atoms with Crippen molar-refractivity contribution in [3.63, 3.8) is 0 Å². The van der Waals surface area contributed by atoms with Gasteiger partial charge in [0.25, 0.3) is 0 Å². The smallest absolute Gasteiger partial charge is 0.337 e. The van der Waals surface area contributed by atoms with Gasteiger partial charge in [-0.2, -0.15) is 9.29 Å². The lowest BCUT2D eigenvalue weighted by atomic mass is 10.1. The molecule has 1 fully saturated rings. The Labute approximate surface area is 160 Å². The second kappa shape index (κ2) is 8.04. The maximum atomic E-state index is 13.3. The molecule has 1 aliphatic heterocycles. The number of esters is 2. The third kappa shape index (κ3) is 3.74. The highest BCUT2D eigenvalue weighted by Gasteiger charge is 2.38. The standard InChI is InChI=1S/C16H17N3O8S/c1-24-15(20)10-5-11(16(21)25-2)7-12(6-10)28(22,23)19-3-4-26-8-13(19)14-17-9-27-18-14/h5-7,9,13H,3-4,8H2,1-2H3. The van der Waals surface area contributed by atoms with Crippen molar-refractivity contribution in [3.05, 3.63) is 41.5 Å². The van der Waals surface area contributed by atoms with E-state index in [0.717, 1.165) is 37.1 Å². The molecule has 11 nitrogen and oxygen atoms in total. The molecule has 0 aliphatic carbocycles. The van der Waals surface area contributed by atoms with Crippen molar-refractivity contribution in [2.24, 2.45) is 0 Å². The van der Waals surface area contributed by atoms with Gasteiger partial charge in [-0.15, -0.1) is 0 Å². The lowest BCUT2D eigenvalue weighted by Crippen LogP contribution is -2.43. The summed E-state index contributed by atoms with van der Waals surface area (Å²) in [5.41, 5.74) is -0.207. The van der Waals surface area contributed by atoms with E-state index < -0.39 is 28.0 Å². The lowest BCUT2D eigenvalue weighted by Gasteiger charge is -2.32. The number of carbonyl (C=O) groups excluding carboxylic acids is 2. The topological polar surface area (TPSA) is 138 Å². The predicted molar refractivity (Wildman–Crippen MR) is 90.9 cm³/mol. The monoisotopic (exact) mass is 411 g/mol. The number of carbonyl (C=O) groups is 2. The first-order valence-corrected chi connectivity index (χ1v) is 9.50. The highest BCUT2D eigenvalue weighted by Crippen LogP contribution is 2.29. The minimum Gasteiger partial charge on any atom is -0.465 e. The molecule has 3 rings (SSSR count). The molecule has 2 heterocycles. The van der Waals surface area contributed by atoms with Crippen molar-refractivity contribution in [1.82, 2.24) is 14.4 Å². The Morgan fingerprint density at radius 1 is 1.14 bits per heavy atom. The molecular formula is C16H17N3O8S. The van der Waals surface area contributed by atoms with Gasteiger partial charge in [0.1, 0.15) is 6.04 Å². The summed E-state index contributed by atoms with van der Waals surface area (Å²) in [7, 11) is -1.85. The molecule has 1 aromatic carbocycles. The summed E-state index contributed by atoms with van der Waals surface area (Å²) in [6.45, 7) is 0.213. The molecule has 1 aliphatic rings. The molecule has 0 N–H and O–H groups in total. The van der Waals surface area contributed by atoms with Gasteiger partial charge in [-0.05, 0) is 18.2 Å². The fraction of sp³-hybridized carbons (Fsp3) is 0.375. The summed E-state index contributed by atoms with van der Waals surface area (Å²) >= 11 is 0. The second-order valence-corrected chi connectivity index (χ2v) is 7.62. The molecule has 150 valence electrons. The Hall–Kier alpha value is -2.83. The van der Waals surface area contributed by atoms with E-state index >= 15 is 0 Å². The molecule has 0 bridgehead atoms. The summed E-state index contributed by atoms with van der Waals surface area (Å²) in [6, 6.07) is 2.65. The lowest BCUT2D eigenvalue weighted by molar-refractivity contribution is 0.0282. The summed E-state index contributed by atoms with van der Waals surface area (Å²) < 4.78 is 47.1. The van der Waals surface area contributed by atoms with Crippen molar-refractivity contribution in [3.8, 4) is 0 Å². The number of morpholine rings is 1. The van der Waals surface area contributed by atoms with E-state index in [-0.39, 0.29) is 41.6 Å². The van der Waals surface area contributed by atoms with Crippen molar-refractivity contribution in [1.29, 1.82) is 0 Å². The van der Waals surface area contributed by atoms with E-state index in [4.69, 9.17) is 9.26 Å². The molecular weight excluding hydrogens is 394 g/mol. The number of hydrogen-bond donors (Lipinski definition) is 0. The molecule has 2 aromatic rings. The summed E-state index contributed by atoms with van der Waals surface area (Å²) in [5, 5.41) is 3.69. The highest BCUT2D eigenvalue weighted by molar-refractivity contribution is 7.89. The highest BCUT2D eigenvalue weighted by atomic mass is 32.2. The van der Waals surface area contributed by atoms with Gasteiger partial charge in [0.15, 0.2) is 5.82 Å². The van der Waals surface area contributed by atoms with Crippen LogP contribution in [0, 0.1) is 0 Å². The minimum atomic E-state index is -4.15. The maximum Gasteiger partial charge on any atom is 0.337 e. The molecule has 1 aromatic heterocycles. The Balaban J connectivity index is 2.09. The fourth-order valence-corrected chi connectivity index (χ4v) is 4.39. The van der Waals surface area contributed by atoms with Crippen LogP contribution in [0.15, 0.2) is 34.0 Å². The van der Waals surface area contributed by atoms with Crippen LogP contribution in [-0.2, 0) is 24.2 Å². The molecule has 1 unspecified atom stereocenters. The minimum absolute atomic E-state index is 0.0253. The van der Waals surface area contributed by atoms with Gasteiger partial charge in [-0.3, -0.25) is 0 Å². The van der Waals surface area contributed by atoms with Crippen molar-refractivity contribution < 1.29 is 36.7 Å². The predicted octanol–water partition coefficient (Wildman–Crippen LogP) is 0.405. The normalized spacial score (nSPS) is 17.9. The molecule has 28 heavy (non-hydrogen) atoms. The van der Waals surface area contributed by atoms with Crippen molar-refractivity contribution >= 4 is 22.0 Å². The number of benzene rings is 1. The average molecular weight is 411 g/mol. The van der Waals surface area contributed by atoms with Crippen LogP contribution in [0.25, 0.3) is 0 Å². The molecule has 1 saturated heterocycles. The van der Waals surface area contributed by atoms with Gasteiger partial charge in [0, 0.05) is 6.54 Å². The van der Waals surface area contributed by atoms with Gasteiger partial charge < -0.3 is 18.7 Å². The Morgan fingerprint density at radius 2 is 1.79 bits per heavy atom. The maximum absolute atomic E-state index is 13.3. The van der Waals surface area contributed by atoms with Crippen LogP contribution in [0.2, 0.25) is 0 Å². The number of aromatic nitrogens is 2. The van der Waals surface area contributed by atoms with Crippen LogP contribution in [0.1, 0.15) is 32.6 Å². The van der Waals surface area contributed by atoms with E-state index in [1.807, 2.05) is 0 Å². The van der Waals surface area contributed by atoms with Gasteiger partial charge in [0.05, 0.1) is 43.5 Å². The summed E-state index contributed by atoms with van der Waals surface area (Å²) in [5.74, 6) is -1.45. The fourth-order valence-electron chi connectivity index (χ4n) is 2.76. The second-order valence-electron chi connectivity index (χ2n) is 5.73.